The second-order valence-corrected chi connectivity index (χ2v) is 10.5. The molecule has 0 saturated heterocycles. The van der Waals surface area contributed by atoms with Crippen molar-refractivity contribution < 1.29 is 29.0 Å². The third-order valence-corrected chi connectivity index (χ3v) is 6.11. The van der Waals surface area contributed by atoms with E-state index in [0.29, 0.717) is 23.4 Å². The fourth-order valence-corrected chi connectivity index (χ4v) is 4.14. The Kier molecular flexibility index (Phi) is 12.3. The number of aliphatic hydroxyl groups excluding tert-OH is 1. The summed E-state index contributed by atoms with van der Waals surface area (Å²) >= 11 is 0. The number of carbonyl (C=O) groups is 3. The molecule has 0 spiro atoms. The summed E-state index contributed by atoms with van der Waals surface area (Å²) in [4.78, 5) is 41.7. The van der Waals surface area contributed by atoms with Crippen molar-refractivity contribution in [2.75, 3.05) is 25.6 Å². The minimum absolute atomic E-state index is 0.264. The van der Waals surface area contributed by atoms with Gasteiger partial charge in [-0.3, -0.25) is 9.59 Å². The lowest BCUT2D eigenvalue weighted by Gasteiger charge is -2.34. The molecule has 2 rings (SSSR count). The van der Waals surface area contributed by atoms with Crippen molar-refractivity contribution in [1.29, 1.82) is 0 Å². The predicted molar refractivity (Wildman–Crippen MR) is 152 cm³/mol. The van der Waals surface area contributed by atoms with E-state index in [1.165, 1.54) is 4.90 Å². The number of hydrogen-bond acceptors (Lipinski definition) is 6. The van der Waals surface area contributed by atoms with Gasteiger partial charge in [0.2, 0.25) is 5.91 Å². The third kappa shape index (κ3) is 9.90. The van der Waals surface area contributed by atoms with Crippen molar-refractivity contribution in [2.24, 2.45) is 0 Å². The number of carbonyl (C=O) groups excluding carboxylic acids is 3. The van der Waals surface area contributed by atoms with Crippen LogP contribution in [-0.2, 0) is 14.3 Å². The van der Waals surface area contributed by atoms with Gasteiger partial charge in [-0.1, -0.05) is 50.5 Å². The van der Waals surface area contributed by atoms with Crippen molar-refractivity contribution >= 4 is 23.6 Å². The summed E-state index contributed by atoms with van der Waals surface area (Å²) in [5, 5.41) is 15.5. The molecule has 0 radical (unpaired) electrons. The van der Waals surface area contributed by atoms with Crippen LogP contribution >= 0.6 is 0 Å². The molecular weight excluding hydrogens is 498 g/mol. The number of aliphatic hydroxyl groups is 1. The van der Waals surface area contributed by atoms with Gasteiger partial charge in [-0.05, 0) is 69.5 Å². The maximum Gasteiger partial charge on any atom is 0.408 e. The van der Waals surface area contributed by atoms with E-state index in [4.69, 9.17) is 9.47 Å². The molecule has 0 aliphatic heterocycles. The second kappa shape index (κ2) is 15.1. The van der Waals surface area contributed by atoms with Gasteiger partial charge in [0.05, 0.1) is 13.7 Å². The van der Waals surface area contributed by atoms with Crippen LogP contribution in [0.25, 0.3) is 0 Å². The van der Waals surface area contributed by atoms with Crippen molar-refractivity contribution in [3.8, 4) is 5.75 Å². The molecule has 0 fully saturated rings. The van der Waals surface area contributed by atoms with E-state index in [9.17, 15) is 19.5 Å². The lowest BCUT2D eigenvalue weighted by Crippen LogP contribution is -2.54. The summed E-state index contributed by atoms with van der Waals surface area (Å²) in [5.74, 6) is -0.333. The summed E-state index contributed by atoms with van der Waals surface area (Å²) in [6, 6.07) is 12.0. The van der Waals surface area contributed by atoms with E-state index in [2.05, 4.69) is 17.6 Å². The zero-order valence-corrected chi connectivity index (χ0v) is 24.0. The van der Waals surface area contributed by atoms with Crippen LogP contribution in [0.15, 0.2) is 48.5 Å². The summed E-state index contributed by atoms with van der Waals surface area (Å²) < 4.78 is 10.5. The molecule has 9 heteroatoms. The molecule has 2 atom stereocenters. The molecule has 0 aliphatic rings. The number of amides is 3. The first-order valence-corrected chi connectivity index (χ1v) is 13.4. The highest BCUT2D eigenvalue weighted by Crippen LogP contribution is 2.28. The highest BCUT2D eigenvalue weighted by atomic mass is 16.6. The smallest absolute Gasteiger partial charge is 0.408 e. The quantitative estimate of drug-likeness (QED) is 0.308. The van der Waals surface area contributed by atoms with Crippen LogP contribution in [0.3, 0.4) is 0 Å². The Balaban J connectivity index is 2.47. The minimum Gasteiger partial charge on any atom is -0.497 e. The molecule has 2 aromatic carbocycles. The number of hydrogen-bond donors (Lipinski definition) is 3. The number of anilines is 1. The molecule has 0 aromatic heterocycles. The largest absolute Gasteiger partial charge is 0.497 e. The average molecular weight is 542 g/mol. The molecule has 0 saturated carbocycles. The highest BCUT2D eigenvalue weighted by molar-refractivity contribution is 5.99. The Morgan fingerprint density at radius 3 is 2.23 bits per heavy atom. The number of rotatable bonds is 13. The van der Waals surface area contributed by atoms with Gasteiger partial charge < -0.3 is 30.1 Å². The van der Waals surface area contributed by atoms with Crippen molar-refractivity contribution in [1.82, 2.24) is 10.2 Å². The first-order valence-electron chi connectivity index (χ1n) is 13.4. The lowest BCUT2D eigenvalue weighted by molar-refractivity contribution is -0.141. The molecule has 0 aliphatic carbocycles. The van der Waals surface area contributed by atoms with Crippen molar-refractivity contribution in [3.63, 3.8) is 0 Å². The Morgan fingerprint density at radius 2 is 1.67 bits per heavy atom. The second-order valence-electron chi connectivity index (χ2n) is 10.5. The Bertz CT molecular complexity index is 1080. The number of ether oxygens (including phenoxy) is 2. The standard InChI is InChI=1S/C30H43N3O6/c1-7-8-9-12-19-33(28(36)25(20-34)32-29(37)39-30(3,4)5)26(24-14-11-10-13-21(24)2)27(35)31-22-15-17-23(38-6)18-16-22/h10-11,13-18,25-26,34H,7-9,12,19-20H2,1-6H3,(H,31,35)(H,32,37). The third-order valence-electron chi connectivity index (χ3n) is 6.11. The van der Waals surface area contributed by atoms with Crippen LogP contribution in [0, 0.1) is 6.92 Å². The normalized spacial score (nSPS) is 12.7. The first-order chi connectivity index (χ1) is 18.5. The predicted octanol–water partition coefficient (Wildman–Crippen LogP) is 4.98. The molecule has 0 heterocycles. The zero-order valence-electron chi connectivity index (χ0n) is 24.0. The highest BCUT2D eigenvalue weighted by Gasteiger charge is 2.36. The lowest BCUT2D eigenvalue weighted by atomic mass is 9.97. The van der Waals surface area contributed by atoms with Crippen LogP contribution in [-0.4, -0.2) is 59.8 Å². The molecule has 2 unspecified atom stereocenters. The molecule has 0 bridgehead atoms. The number of nitrogens with one attached hydrogen (secondary N) is 2. The summed E-state index contributed by atoms with van der Waals surface area (Å²) in [6.07, 6.45) is 2.68. The molecule has 214 valence electrons. The van der Waals surface area contributed by atoms with E-state index < -0.39 is 42.2 Å². The van der Waals surface area contributed by atoms with Gasteiger partial charge in [0.1, 0.15) is 23.4 Å². The first kappa shape index (κ1) is 31.6. The van der Waals surface area contributed by atoms with Crippen LogP contribution in [0.1, 0.15) is 70.5 Å². The molecule has 2 aromatic rings. The summed E-state index contributed by atoms with van der Waals surface area (Å²) in [6.45, 7) is 8.71. The zero-order chi connectivity index (χ0) is 29.0. The fraction of sp³-hybridized carbons (Fsp3) is 0.500. The van der Waals surface area contributed by atoms with Crippen molar-refractivity contribution in [2.45, 2.75) is 78.0 Å². The number of nitrogens with zero attached hydrogens (tertiary/aromatic N) is 1. The number of benzene rings is 2. The maximum absolute atomic E-state index is 13.9. The number of aryl methyl sites for hydroxylation is 1. The van der Waals surface area contributed by atoms with Crippen molar-refractivity contribution in [3.05, 3.63) is 59.7 Å². The van der Waals surface area contributed by atoms with Gasteiger partial charge in [-0.25, -0.2) is 4.79 Å². The Morgan fingerprint density at radius 1 is 1.00 bits per heavy atom. The van der Waals surface area contributed by atoms with E-state index >= 15 is 0 Å². The number of unbranched alkanes of at least 4 members (excludes halogenated alkanes) is 3. The Hall–Kier alpha value is -3.59. The topological polar surface area (TPSA) is 117 Å². The SMILES string of the molecule is CCCCCCN(C(=O)C(CO)NC(=O)OC(C)(C)C)C(C(=O)Nc1ccc(OC)cc1)c1ccccc1C. The van der Waals surface area contributed by atoms with Gasteiger partial charge in [-0.2, -0.15) is 0 Å². The van der Waals surface area contributed by atoms with Gasteiger partial charge in [0, 0.05) is 12.2 Å². The van der Waals surface area contributed by atoms with Gasteiger partial charge in [0.25, 0.3) is 5.91 Å². The van der Waals surface area contributed by atoms with Crippen LogP contribution < -0.4 is 15.4 Å². The van der Waals surface area contributed by atoms with E-state index in [-0.39, 0.29) is 6.54 Å². The van der Waals surface area contributed by atoms with Crippen LogP contribution in [0.5, 0.6) is 5.75 Å². The average Bonchev–Trinajstić information content (AvgIpc) is 2.88. The molecular formula is C30H43N3O6. The van der Waals surface area contributed by atoms with E-state index in [1.54, 1.807) is 52.1 Å². The maximum atomic E-state index is 13.9. The summed E-state index contributed by atoms with van der Waals surface area (Å²) in [7, 11) is 1.56. The molecule has 3 amide bonds. The summed E-state index contributed by atoms with van der Waals surface area (Å²) in [5.41, 5.74) is 1.25. The molecule has 39 heavy (non-hydrogen) atoms. The van der Waals surface area contributed by atoms with Crippen LogP contribution in [0.4, 0.5) is 10.5 Å². The number of methoxy groups -OCH3 is 1. The minimum atomic E-state index is -1.29. The van der Waals surface area contributed by atoms with Gasteiger partial charge in [-0.15, -0.1) is 0 Å². The van der Waals surface area contributed by atoms with E-state index in [1.807, 2.05) is 31.2 Å². The van der Waals surface area contributed by atoms with Gasteiger partial charge in [0.15, 0.2) is 0 Å². The van der Waals surface area contributed by atoms with Crippen LogP contribution in [0.2, 0.25) is 0 Å². The van der Waals surface area contributed by atoms with E-state index in [0.717, 1.165) is 24.8 Å². The molecule has 9 nitrogen and oxygen atoms in total. The van der Waals surface area contributed by atoms with Gasteiger partial charge >= 0.3 is 6.09 Å². The fourth-order valence-electron chi connectivity index (χ4n) is 4.14. The number of alkyl carbamates (subject to hydrolysis) is 1. The molecule has 3 N–H and O–H groups in total. The monoisotopic (exact) mass is 541 g/mol. The Labute approximate surface area is 231 Å².